The lowest BCUT2D eigenvalue weighted by Gasteiger charge is -2.40. The van der Waals surface area contributed by atoms with Crippen molar-refractivity contribution in [3.63, 3.8) is 0 Å². The fraction of sp³-hybridized carbons (Fsp3) is 0.211. The van der Waals surface area contributed by atoms with Crippen molar-refractivity contribution in [2.75, 3.05) is 19.0 Å². The van der Waals surface area contributed by atoms with Crippen LogP contribution in [0.3, 0.4) is 0 Å². The van der Waals surface area contributed by atoms with Crippen LogP contribution in [0.2, 0.25) is 5.02 Å². The van der Waals surface area contributed by atoms with Gasteiger partial charge in [-0.15, -0.1) is 5.10 Å². The monoisotopic (exact) mass is 367 g/mol. The Morgan fingerprint density at radius 3 is 2.58 bits per heavy atom. The molecule has 1 amide bonds. The van der Waals surface area contributed by atoms with Crippen LogP contribution >= 0.6 is 11.6 Å². The topological polar surface area (TPSA) is 54.3 Å². The van der Waals surface area contributed by atoms with Crippen LogP contribution in [-0.2, 0) is 6.54 Å². The number of aromatic nitrogens is 3. The lowest BCUT2D eigenvalue weighted by Crippen LogP contribution is -2.45. The second-order valence-electron chi connectivity index (χ2n) is 6.35. The fourth-order valence-corrected chi connectivity index (χ4v) is 3.56. The molecule has 0 saturated carbocycles. The van der Waals surface area contributed by atoms with Crippen LogP contribution in [0, 0.1) is 0 Å². The number of amides is 1. The summed E-state index contributed by atoms with van der Waals surface area (Å²) in [5, 5.41) is 9.22. The standard InChI is InChI=1S/C19H18ClN5O/c1-23-17-10-6-4-8-14(17)19(26)24(2)18(23)16-12-25(22-21-16)11-13-7-3-5-9-15(13)20/h3-10,12,18H,11H2,1-2H3/t18-/m0/s1. The molecule has 1 atom stereocenters. The lowest BCUT2D eigenvalue weighted by atomic mass is 10.1. The minimum atomic E-state index is -0.308. The van der Waals surface area contributed by atoms with Gasteiger partial charge in [0.05, 0.1) is 24.0 Å². The maximum atomic E-state index is 12.7. The van der Waals surface area contributed by atoms with Gasteiger partial charge in [0.2, 0.25) is 0 Å². The number of carbonyl (C=O) groups excluding carboxylic acids is 1. The first-order chi connectivity index (χ1) is 12.6. The number of anilines is 1. The Morgan fingerprint density at radius 2 is 1.77 bits per heavy atom. The van der Waals surface area contributed by atoms with Crippen LogP contribution in [-0.4, -0.2) is 39.9 Å². The molecule has 0 spiro atoms. The zero-order valence-electron chi connectivity index (χ0n) is 14.5. The number of rotatable bonds is 3. The molecule has 4 rings (SSSR count). The molecule has 1 aliphatic heterocycles. The van der Waals surface area contributed by atoms with Crippen molar-refractivity contribution in [2.45, 2.75) is 12.7 Å². The van der Waals surface area contributed by atoms with Gasteiger partial charge < -0.3 is 9.80 Å². The van der Waals surface area contributed by atoms with Gasteiger partial charge in [-0.3, -0.25) is 4.79 Å². The summed E-state index contributed by atoms with van der Waals surface area (Å²) < 4.78 is 1.74. The van der Waals surface area contributed by atoms with E-state index in [4.69, 9.17) is 11.6 Å². The highest BCUT2D eigenvalue weighted by atomic mass is 35.5. The number of halogens is 1. The molecule has 1 aliphatic rings. The molecular formula is C19H18ClN5O. The second-order valence-corrected chi connectivity index (χ2v) is 6.76. The van der Waals surface area contributed by atoms with Crippen LogP contribution in [0.4, 0.5) is 5.69 Å². The normalized spacial score (nSPS) is 16.7. The summed E-state index contributed by atoms with van der Waals surface area (Å²) in [7, 11) is 3.74. The van der Waals surface area contributed by atoms with Crippen molar-refractivity contribution in [3.05, 3.63) is 76.6 Å². The largest absolute Gasteiger partial charge is 0.348 e. The summed E-state index contributed by atoms with van der Waals surface area (Å²) in [5.41, 5.74) is 3.26. The molecular weight excluding hydrogens is 350 g/mol. The molecule has 0 bridgehead atoms. The SMILES string of the molecule is CN1C(=O)c2ccccc2N(C)[C@@H]1c1cn(Cc2ccccc2Cl)nn1. The van der Waals surface area contributed by atoms with Gasteiger partial charge in [-0.25, -0.2) is 4.68 Å². The second kappa shape index (κ2) is 6.46. The molecule has 0 radical (unpaired) electrons. The molecule has 2 heterocycles. The summed E-state index contributed by atoms with van der Waals surface area (Å²) >= 11 is 6.23. The molecule has 0 fully saturated rings. The molecule has 3 aromatic rings. The summed E-state index contributed by atoms with van der Waals surface area (Å²) in [6, 6.07) is 15.2. The number of hydrogen-bond donors (Lipinski definition) is 0. The summed E-state index contributed by atoms with van der Waals surface area (Å²) in [6.07, 6.45) is 1.56. The highest BCUT2D eigenvalue weighted by Crippen LogP contribution is 2.35. The number of para-hydroxylation sites is 1. The first-order valence-corrected chi connectivity index (χ1v) is 8.66. The van der Waals surface area contributed by atoms with E-state index in [-0.39, 0.29) is 12.1 Å². The Bertz CT molecular complexity index is 970. The van der Waals surface area contributed by atoms with Gasteiger partial charge in [0.1, 0.15) is 5.69 Å². The van der Waals surface area contributed by atoms with E-state index in [0.29, 0.717) is 22.8 Å². The van der Waals surface area contributed by atoms with Crippen molar-refractivity contribution in [1.82, 2.24) is 19.9 Å². The number of nitrogens with zero attached hydrogens (tertiary/aromatic N) is 5. The minimum Gasteiger partial charge on any atom is -0.348 e. The smallest absolute Gasteiger partial charge is 0.257 e. The predicted octanol–water partition coefficient (Wildman–Crippen LogP) is 3.20. The van der Waals surface area contributed by atoms with Crippen molar-refractivity contribution in [2.24, 2.45) is 0 Å². The van der Waals surface area contributed by atoms with Gasteiger partial charge >= 0.3 is 0 Å². The Morgan fingerprint density at radius 1 is 1.04 bits per heavy atom. The van der Waals surface area contributed by atoms with E-state index >= 15 is 0 Å². The predicted molar refractivity (Wildman–Crippen MR) is 100 cm³/mol. The third kappa shape index (κ3) is 2.72. The molecule has 7 heteroatoms. The van der Waals surface area contributed by atoms with Crippen LogP contribution in [0.25, 0.3) is 0 Å². The molecule has 0 saturated heterocycles. The van der Waals surface area contributed by atoms with Crippen LogP contribution < -0.4 is 4.90 Å². The van der Waals surface area contributed by atoms with Crippen molar-refractivity contribution in [1.29, 1.82) is 0 Å². The zero-order valence-corrected chi connectivity index (χ0v) is 15.3. The third-order valence-corrected chi connectivity index (χ3v) is 5.05. The Kier molecular flexibility index (Phi) is 4.12. The number of hydrogen-bond acceptors (Lipinski definition) is 4. The number of benzene rings is 2. The number of fused-ring (bicyclic) bond motifs is 1. The van der Waals surface area contributed by atoms with E-state index in [2.05, 4.69) is 10.3 Å². The van der Waals surface area contributed by atoms with Crippen LogP contribution in [0.15, 0.2) is 54.7 Å². The minimum absolute atomic E-state index is 0.0237. The van der Waals surface area contributed by atoms with Crippen molar-refractivity contribution < 1.29 is 4.79 Å². The molecule has 2 aromatic carbocycles. The zero-order chi connectivity index (χ0) is 18.3. The summed E-state index contributed by atoms with van der Waals surface area (Å²) in [5.74, 6) is -0.0237. The van der Waals surface area contributed by atoms with Crippen LogP contribution in [0.1, 0.15) is 27.8 Å². The first-order valence-electron chi connectivity index (χ1n) is 8.28. The third-order valence-electron chi connectivity index (χ3n) is 4.68. The van der Waals surface area contributed by atoms with Crippen LogP contribution in [0.5, 0.6) is 0 Å². The summed E-state index contributed by atoms with van der Waals surface area (Å²) in [6.45, 7) is 0.525. The Hall–Kier alpha value is -2.86. The van der Waals surface area contributed by atoms with Gasteiger partial charge in [-0.2, -0.15) is 0 Å². The van der Waals surface area contributed by atoms with Gasteiger partial charge in [-0.1, -0.05) is 47.1 Å². The molecule has 132 valence electrons. The van der Waals surface area contributed by atoms with E-state index in [9.17, 15) is 4.79 Å². The van der Waals surface area contributed by atoms with Gasteiger partial charge in [-0.05, 0) is 23.8 Å². The number of carbonyl (C=O) groups is 1. The average Bonchev–Trinajstić information content (AvgIpc) is 3.10. The lowest BCUT2D eigenvalue weighted by molar-refractivity contribution is 0.0707. The molecule has 6 nitrogen and oxygen atoms in total. The van der Waals surface area contributed by atoms with E-state index in [1.165, 1.54) is 0 Å². The van der Waals surface area contributed by atoms with E-state index < -0.39 is 0 Å². The fourth-order valence-electron chi connectivity index (χ4n) is 3.36. The molecule has 0 N–H and O–H groups in total. The highest BCUT2D eigenvalue weighted by Gasteiger charge is 2.35. The van der Waals surface area contributed by atoms with E-state index in [0.717, 1.165) is 11.3 Å². The molecule has 1 aromatic heterocycles. The van der Waals surface area contributed by atoms with Crippen molar-refractivity contribution >= 4 is 23.2 Å². The molecule has 26 heavy (non-hydrogen) atoms. The Labute approximate surface area is 156 Å². The quantitative estimate of drug-likeness (QED) is 0.713. The summed E-state index contributed by atoms with van der Waals surface area (Å²) in [4.78, 5) is 16.4. The average molecular weight is 368 g/mol. The molecule has 0 aliphatic carbocycles. The molecule has 0 unspecified atom stereocenters. The first kappa shape index (κ1) is 16.6. The van der Waals surface area contributed by atoms with Gasteiger partial charge in [0.25, 0.3) is 5.91 Å². The maximum absolute atomic E-state index is 12.7. The van der Waals surface area contributed by atoms with Gasteiger partial charge in [0, 0.05) is 19.1 Å². The highest BCUT2D eigenvalue weighted by molar-refractivity contribution is 6.31. The Balaban J connectivity index is 1.65. The maximum Gasteiger partial charge on any atom is 0.257 e. The van der Waals surface area contributed by atoms with E-state index in [1.54, 1.807) is 16.6 Å². The van der Waals surface area contributed by atoms with Crippen molar-refractivity contribution in [3.8, 4) is 0 Å². The van der Waals surface area contributed by atoms with Gasteiger partial charge in [0.15, 0.2) is 6.17 Å². The van der Waals surface area contributed by atoms with E-state index in [1.807, 2.05) is 66.7 Å².